The smallest absolute Gasteiger partial charge is 0.258 e. The van der Waals surface area contributed by atoms with E-state index in [0.717, 1.165) is 5.56 Å². The van der Waals surface area contributed by atoms with Crippen LogP contribution in [0.15, 0.2) is 36.7 Å². The van der Waals surface area contributed by atoms with Crippen molar-refractivity contribution in [2.24, 2.45) is 5.73 Å². The second-order valence-electron chi connectivity index (χ2n) is 3.50. The molecule has 1 aromatic carbocycles. The quantitative estimate of drug-likeness (QED) is 0.757. The van der Waals surface area contributed by atoms with Crippen LogP contribution in [0.1, 0.15) is 15.9 Å². The average Bonchev–Trinajstić information content (AvgIpc) is 2.46. The highest BCUT2D eigenvalue weighted by atomic mass is 16.1. The van der Waals surface area contributed by atoms with Crippen LogP contribution < -0.4 is 11.1 Å². The van der Waals surface area contributed by atoms with Gasteiger partial charge in [0.2, 0.25) is 5.95 Å². The molecule has 94 valence electrons. The highest BCUT2D eigenvalue weighted by Gasteiger charge is 2.06. The predicted octanol–water partition coefficient (Wildman–Crippen LogP) is 0.434. The number of anilines is 1. The van der Waals surface area contributed by atoms with Crippen LogP contribution in [0.5, 0.6) is 0 Å². The Morgan fingerprint density at radius 1 is 1.26 bits per heavy atom. The average molecular weight is 253 g/mol. The van der Waals surface area contributed by atoms with Gasteiger partial charge in [-0.25, -0.2) is 4.98 Å². The highest BCUT2D eigenvalue weighted by molar-refractivity contribution is 6.03. The molecule has 1 aromatic heterocycles. The van der Waals surface area contributed by atoms with Crippen LogP contribution in [0, 0.1) is 11.8 Å². The molecule has 0 spiro atoms. The van der Waals surface area contributed by atoms with Crippen LogP contribution >= 0.6 is 0 Å². The van der Waals surface area contributed by atoms with Crippen LogP contribution in [0.25, 0.3) is 0 Å². The lowest BCUT2D eigenvalue weighted by atomic mass is 10.1. The van der Waals surface area contributed by atoms with Crippen molar-refractivity contribution in [3.8, 4) is 11.8 Å². The summed E-state index contributed by atoms with van der Waals surface area (Å²) in [4.78, 5) is 15.7. The third-order valence-corrected chi connectivity index (χ3v) is 2.19. The fourth-order valence-electron chi connectivity index (χ4n) is 1.34. The summed E-state index contributed by atoms with van der Waals surface area (Å²) in [6, 6.07) is 6.85. The number of amides is 1. The van der Waals surface area contributed by atoms with E-state index in [2.05, 4.69) is 32.3 Å². The molecule has 0 saturated carbocycles. The first-order chi connectivity index (χ1) is 9.29. The third kappa shape index (κ3) is 3.59. The van der Waals surface area contributed by atoms with Crippen LogP contribution in [0.4, 0.5) is 5.95 Å². The first-order valence-corrected chi connectivity index (χ1v) is 5.53. The van der Waals surface area contributed by atoms with Crippen LogP contribution in [0.3, 0.4) is 0 Å². The maximum atomic E-state index is 11.9. The SMILES string of the molecule is NCC#Cc1ccc(C(=O)Nc2nccnn2)cc1. The predicted molar refractivity (Wildman–Crippen MR) is 70.2 cm³/mol. The molecule has 0 radical (unpaired) electrons. The first-order valence-electron chi connectivity index (χ1n) is 5.53. The van der Waals surface area contributed by atoms with Gasteiger partial charge in [0.05, 0.1) is 18.9 Å². The Bertz CT molecular complexity index is 613. The van der Waals surface area contributed by atoms with E-state index in [1.807, 2.05) is 0 Å². The molecule has 0 aliphatic heterocycles. The van der Waals surface area contributed by atoms with Crippen molar-refractivity contribution in [1.29, 1.82) is 0 Å². The summed E-state index contributed by atoms with van der Waals surface area (Å²) >= 11 is 0. The highest BCUT2D eigenvalue weighted by Crippen LogP contribution is 2.05. The topological polar surface area (TPSA) is 93.8 Å². The number of carbonyl (C=O) groups is 1. The number of nitrogens with one attached hydrogen (secondary N) is 1. The zero-order chi connectivity index (χ0) is 13.5. The molecule has 0 bridgehead atoms. The Morgan fingerprint density at radius 2 is 2.05 bits per heavy atom. The Morgan fingerprint density at radius 3 is 2.68 bits per heavy atom. The van der Waals surface area contributed by atoms with Gasteiger partial charge in [0.15, 0.2) is 0 Å². The van der Waals surface area contributed by atoms with Crippen LogP contribution in [0.2, 0.25) is 0 Å². The second-order valence-corrected chi connectivity index (χ2v) is 3.50. The van der Waals surface area contributed by atoms with Crippen molar-refractivity contribution in [1.82, 2.24) is 15.2 Å². The van der Waals surface area contributed by atoms with Crippen LogP contribution in [-0.4, -0.2) is 27.6 Å². The minimum absolute atomic E-state index is 0.166. The summed E-state index contributed by atoms with van der Waals surface area (Å²) in [5.41, 5.74) is 6.58. The zero-order valence-electron chi connectivity index (χ0n) is 10.00. The molecule has 0 aliphatic carbocycles. The van der Waals surface area contributed by atoms with E-state index in [1.54, 1.807) is 24.3 Å². The third-order valence-electron chi connectivity index (χ3n) is 2.19. The lowest BCUT2D eigenvalue weighted by Gasteiger charge is -2.02. The van der Waals surface area contributed by atoms with Crippen molar-refractivity contribution in [3.05, 3.63) is 47.8 Å². The number of benzene rings is 1. The van der Waals surface area contributed by atoms with Crippen molar-refractivity contribution >= 4 is 11.9 Å². The maximum Gasteiger partial charge on any atom is 0.258 e. The number of carbonyl (C=O) groups excluding carboxylic acids is 1. The molecule has 2 rings (SSSR count). The molecule has 19 heavy (non-hydrogen) atoms. The largest absolute Gasteiger partial charge is 0.320 e. The van der Waals surface area contributed by atoms with Crippen molar-refractivity contribution in [2.75, 3.05) is 11.9 Å². The summed E-state index contributed by atoms with van der Waals surface area (Å²) in [5, 5.41) is 9.84. The van der Waals surface area contributed by atoms with Crippen molar-refractivity contribution in [2.45, 2.75) is 0 Å². The molecular weight excluding hydrogens is 242 g/mol. The van der Waals surface area contributed by atoms with E-state index >= 15 is 0 Å². The molecule has 1 amide bonds. The van der Waals surface area contributed by atoms with Gasteiger partial charge in [0.1, 0.15) is 0 Å². The molecule has 1 heterocycles. The van der Waals surface area contributed by atoms with E-state index in [9.17, 15) is 4.79 Å². The summed E-state index contributed by atoms with van der Waals surface area (Å²) in [6.07, 6.45) is 2.88. The molecule has 6 nitrogen and oxygen atoms in total. The van der Waals surface area contributed by atoms with Gasteiger partial charge in [-0.1, -0.05) is 11.8 Å². The van der Waals surface area contributed by atoms with Crippen molar-refractivity contribution in [3.63, 3.8) is 0 Å². The molecular formula is C13H11N5O. The minimum atomic E-state index is -0.300. The number of rotatable bonds is 2. The molecule has 0 aliphatic rings. The number of hydrogen-bond donors (Lipinski definition) is 2. The van der Waals surface area contributed by atoms with Gasteiger partial charge in [0, 0.05) is 11.1 Å². The Labute approximate surface area is 110 Å². The Kier molecular flexibility index (Phi) is 4.16. The van der Waals surface area contributed by atoms with Gasteiger partial charge < -0.3 is 5.73 Å². The van der Waals surface area contributed by atoms with Gasteiger partial charge in [-0.15, -0.1) is 5.10 Å². The van der Waals surface area contributed by atoms with Crippen molar-refractivity contribution < 1.29 is 4.79 Å². The van der Waals surface area contributed by atoms with E-state index in [-0.39, 0.29) is 11.9 Å². The number of nitrogens with zero attached hydrogens (tertiary/aromatic N) is 3. The molecule has 2 aromatic rings. The molecule has 3 N–H and O–H groups in total. The maximum absolute atomic E-state index is 11.9. The molecule has 0 atom stereocenters. The van der Waals surface area contributed by atoms with Gasteiger partial charge in [0.25, 0.3) is 5.91 Å². The number of aromatic nitrogens is 3. The van der Waals surface area contributed by atoms with E-state index < -0.39 is 0 Å². The van der Waals surface area contributed by atoms with Gasteiger partial charge in [-0.05, 0) is 24.3 Å². The zero-order valence-corrected chi connectivity index (χ0v) is 10.00. The molecule has 0 fully saturated rings. The minimum Gasteiger partial charge on any atom is -0.320 e. The molecule has 0 saturated heterocycles. The first kappa shape index (κ1) is 12.7. The molecule has 6 heteroatoms. The number of nitrogens with two attached hydrogens (primary N) is 1. The summed E-state index contributed by atoms with van der Waals surface area (Å²) in [6.45, 7) is 0.306. The Hall–Kier alpha value is -2.78. The van der Waals surface area contributed by atoms with E-state index in [4.69, 9.17) is 5.73 Å². The van der Waals surface area contributed by atoms with E-state index in [0.29, 0.717) is 12.1 Å². The summed E-state index contributed by atoms with van der Waals surface area (Å²) in [5.74, 6) is 5.49. The summed E-state index contributed by atoms with van der Waals surface area (Å²) < 4.78 is 0. The Balaban J connectivity index is 2.08. The lowest BCUT2D eigenvalue weighted by Crippen LogP contribution is -2.14. The normalized spacial score (nSPS) is 9.32. The van der Waals surface area contributed by atoms with Gasteiger partial charge >= 0.3 is 0 Å². The lowest BCUT2D eigenvalue weighted by molar-refractivity contribution is 0.102. The summed E-state index contributed by atoms with van der Waals surface area (Å²) in [7, 11) is 0. The fourth-order valence-corrected chi connectivity index (χ4v) is 1.34. The van der Waals surface area contributed by atoms with Crippen LogP contribution in [-0.2, 0) is 0 Å². The van der Waals surface area contributed by atoms with Gasteiger partial charge in [-0.2, -0.15) is 5.10 Å². The second kappa shape index (κ2) is 6.23. The number of hydrogen-bond acceptors (Lipinski definition) is 5. The molecule has 0 unspecified atom stereocenters. The fraction of sp³-hybridized carbons (Fsp3) is 0.0769. The van der Waals surface area contributed by atoms with E-state index in [1.165, 1.54) is 12.4 Å². The standard InChI is InChI=1S/C13H11N5O/c14-7-1-2-10-3-5-11(6-4-10)12(19)17-13-15-8-9-16-18-13/h3-6,8-9H,7,14H2,(H,15,17,18,19). The van der Waals surface area contributed by atoms with Gasteiger partial charge in [-0.3, -0.25) is 10.1 Å². The monoisotopic (exact) mass is 253 g/mol.